The van der Waals surface area contributed by atoms with Crippen molar-refractivity contribution in [2.45, 2.75) is 31.9 Å². The fraction of sp³-hybridized carbons (Fsp3) is 0.476. The molecule has 1 atom stereocenters. The molecule has 1 aliphatic heterocycles. The number of halogens is 2. The number of piperidine rings is 1. The van der Waals surface area contributed by atoms with E-state index in [1.54, 1.807) is 7.11 Å². The molecule has 3 aromatic rings. The van der Waals surface area contributed by atoms with E-state index in [0.29, 0.717) is 24.9 Å². The summed E-state index contributed by atoms with van der Waals surface area (Å²) in [6.45, 7) is 3.35. The number of H-pyrrole nitrogens is 1. The van der Waals surface area contributed by atoms with E-state index in [0.717, 1.165) is 30.8 Å². The Morgan fingerprint density at radius 2 is 1.91 bits per heavy atom. The predicted octanol–water partition coefficient (Wildman–Crippen LogP) is 2.73. The minimum absolute atomic E-state index is 0.0106. The number of aromatic nitrogens is 6. The van der Waals surface area contributed by atoms with Crippen molar-refractivity contribution in [1.29, 1.82) is 0 Å². The minimum atomic E-state index is -0.796. The highest BCUT2D eigenvalue weighted by molar-refractivity contribution is 5.52. The number of aromatic amines is 1. The van der Waals surface area contributed by atoms with Crippen LogP contribution in [0.5, 0.6) is 0 Å². The van der Waals surface area contributed by atoms with Crippen LogP contribution < -0.4 is 15.5 Å². The lowest BCUT2D eigenvalue weighted by Crippen LogP contribution is -2.38. The summed E-state index contributed by atoms with van der Waals surface area (Å²) < 4.78 is 38.5. The van der Waals surface area contributed by atoms with Gasteiger partial charge in [0.25, 0.3) is 0 Å². The Morgan fingerprint density at radius 1 is 1.15 bits per heavy atom. The van der Waals surface area contributed by atoms with Gasteiger partial charge in [0.1, 0.15) is 17.3 Å². The van der Waals surface area contributed by atoms with Gasteiger partial charge in [-0.3, -0.25) is 10.1 Å². The van der Waals surface area contributed by atoms with Crippen LogP contribution in [0.1, 0.15) is 30.3 Å². The third-order valence-electron chi connectivity index (χ3n) is 5.43. The molecule has 11 nitrogen and oxygen atoms in total. The number of nitrogens with zero attached hydrogens (tertiary/aromatic N) is 6. The Labute approximate surface area is 195 Å². The van der Waals surface area contributed by atoms with Crippen molar-refractivity contribution in [2.75, 3.05) is 49.4 Å². The molecule has 0 spiro atoms. The summed E-state index contributed by atoms with van der Waals surface area (Å²) in [5.41, 5.74) is 0.860. The Bertz CT molecular complexity index is 1110. The third kappa shape index (κ3) is 5.72. The van der Waals surface area contributed by atoms with Gasteiger partial charge in [-0.2, -0.15) is 20.1 Å². The zero-order valence-electron chi connectivity index (χ0n) is 19.2. The Kier molecular flexibility index (Phi) is 7.43. The van der Waals surface area contributed by atoms with E-state index in [2.05, 4.69) is 40.8 Å². The summed E-state index contributed by atoms with van der Waals surface area (Å²) in [4.78, 5) is 19.5. The van der Waals surface area contributed by atoms with Crippen molar-refractivity contribution in [3.05, 3.63) is 41.4 Å². The molecule has 182 valence electrons. The summed E-state index contributed by atoms with van der Waals surface area (Å²) in [5.74, 6) is -0.127. The molecular formula is C21H27F2N9O2. The maximum absolute atomic E-state index is 14.4. The van der Waals surface area contributed by atoms with E-state index in [9.17, 15) is 8.78 Å². The van der Waals surface area contributed by atoms with Crippen molar-refractivity contribution in [3.8, 4) is 0 Å². The van der Waals surface area contributed by atoms with Crippen LogP contribution in [0.2, 0.25) is 0 Å². The fourth-order valence-corrected chi connectivity index (χ4v) is 3.71. The molecule has 1 aliphatic rings. The Hall–Kier alpha value is -3.45. The van der Waals surface area contributed by atoms with Gasteiger partial charge in [-0.15, -0.1) is 0 Å². The number of methoxy groups -OCH3 is 2. The number of nitrogens with one attached hydrogen (secondary N) is 3. The van der Waals surface area contributed by atoms with E-state index < -0.39 is 17.7 Å². The molecule has 0 aromatic carbocycles. The van der Waals surface area contributed by atoms with Crippen molar-refractivity contribution < 1.29 is 18.3 Å². The van der Waals surface area contributed by atoms with Crippen molar-refractivity contribution >= 4 is 23.7 Å². The van der Waals surface area contributed by atoms with Gasteiger partial charge in [-0.1, -0.05) is 0 Å². The molecule has 0 bridgehead atoms. The highest BCUT2D eigenvalue weighted by Gasteiger charge is 2.24. The summed E-state index contributed by atoms with van der Waals surface area (Å²) in [5, 5.41) is 13.1. The van der Waals surface area contributed by atoms with Crippen molar-refractivity contribution in [3.63, 3.8) is 0 Å². The van der Waals surface area contributed by atoms with E-state index in [1.807, 2.05) is 17.9 Å². The first-order valence-corrected chi connectivity index (χ1v) is 10.8. The molecule has 1 unspecified atom stereocenters. The molecule has 34 heavy (non-hydrogen) atoms. The number of aryl methyl sites for hydroxylation is 1. The molecule has 4 heterocycles. The van der Waals surface area contributed by atoms with Crippen LogP contribution >= 0.6 is 0 Å². The summed E-state index contributed by atoms with van der Waals surface area (Å²) >= 11 is 0. The van der Waals surface area contributed by atoms with Crippen LogP contribution in [0.4, 0.5) is 32.4 Å². The largest absolute Gasteiger partial charge is 0.382 e. The fourth-order valence-electron chi connectivity index (χ4n) is 3.71. The standard InChI is InChI=1S/C21H27F2N9O2/c1-12-8-17(31-30-12)26-20-27-19(28-21(29-20)32-6-4-14(34-3)5-7-32)25-16(11-33-2)18-15(23)9-13(22)10-24-18/h8-10,14,16H,4-7,11H2,1-3H3,(H3,25,26,27,28,29,30,31). The molecular weight excluding hydrogens is 448 g/mol. The SMILES string of the molecule is COCC(Nc1nc(Nc2cc(C)[nH]n2)nc(N2CCC(OC)CC2)n1)c1ncc(F)cc1F. The lowest BCUT2D eigenvalue weighted by molar-refractivity contribution is 0.0816. The first-order valence-electron chi connectivity index (χ1n) is 10.8. The number of ether oxygens (including phenoxy) is 2. The molecule has 0 amide bonds. The number of rotatable bonds is 9. The zero-order chi connectivity index (χ0) is 24.1. The zero-order valence-corrected chi connectivity index (χ0v) is 19.2. The van der Waals surface area contributed by atoms with Crippen LogP contribution in [-0.2, 0) is 9.47 Å². The monoisotopic (exact) mass is 475 g/mol. The van der Waals surface area contributed by atoms with E-state index in [-0.39, 0.29) is 30.3 Å². The van der Waals surface area contributed by atoms with Gasteiger partial charge in [-0.05, 0) is 19.8 Å². The van der Waals surface area contributed by atoms with E-state index in [4.69, 9.17) is 9.47 Å². The predicted molar refractivity (Wildman–Crippen MR) is 121 cm³/mol. The van der Waals surface area contributed by atoms with Crippen molar-refractivity contribution in [2.24, 2.45) is 0 Å². The summed E-state index contributed by atoms with van der Waals surface area (Å²) in [6, 6.07) is 1.82. The Morgan fingerprint density at radius 3 is 2.56 bits per heavy atom. The molecule has 4 rings (SSSR count). The smallest absolute Gasteiger partial charge is 0.235 e. The molecule has 3 aromatic heterocycles. The van der Waals surface area contributed by atoms with Crippen LogP contribution in [0.25, 0.3) is 0 Å². The molecule has 0 radical (unpaired) electrons. The van der Waals surface area contributed by atoms with E-state index >= 15 is 0 Å². The maximum Gasteiger partial charge on any atom is 0.235 e. The van der Waals surface area contributed by atoms with Crippen molar-refractivity contribution in [1.82, 2.24) is 30.1 Å². The molecule has 13 heteroatoms. The van der Waals surface area contributed by atoms with Crippen LogP contribution in [0.3, 0.4) is 0 Å². The summed E-state index contributed by atoms with van der Waals surface area (Å²) in [7, 11) is 3.18. The van der Waals surface area contributed by atoms with Crippen LogP contribution in [-0.4, -0.2) is 70.2 Å². The van der Waals surface area contributed by atoms with Gasteiger partial charge in [0.05, 0.1) is 24.9 Å². The maximum atomic E-state index is 14.4. The molecule has 1 fully saturated rings. The second-order valence-corrected chi connectivity index (χ2v) is 7.94. The van der Waals surface area contributed by atoms with Crippen LogP contribution in [0, 0.1) is 18.6 Å². The first kappa shape index (κ1) is 23.7. The lowest BCUT2D eigenvalue weighted by Gasteiger charge is -2.31. The van der Waals surface area contributed by atoms with Gasteiger partial charge < -0.3 is 25.0 Å². The lowest BCUT2D eigenvalue weighted by atomic mass is 10.1. The first-order chi connectivity index (χ1) is 16.4. The number of anilines is 4. The average Bonchev–Trinajstić information content (AvgIpc) is 3.23. The minimum Gasteiger partial charge on any atom is -0.382 e. The molecule has 0 saturated carbocycles. The third-order valence-corrected chi connectivity index (χ3v) is 5.43. The number of hydrogen-bond acceptors (Lipinski definition) is 10. The van der Waals surface area contributed by atoms with Gasteiger partial charge >= 0.3 is 0 Å². The Balaban J connectivity index is 1.64. The van der Waals surface area contributed by atoms with E-state index in [1.165, 1.54) is 7.11 Å². The number of pyridine rings is 1. The molecule has 3 N–H and O–H groups in total. The molecule has 1 saturated heterocycles. The molecule has 0 aliphatic carbocycles. The van der Waals surface area contributed by atoms with Gasteiger partial charge in [0.2, 0.25) is 17.8 Å². The van der Waals surface area contributed by atoms with Crippen LogP contribution in [0.15, 0.2) is 18.3 Å². The average molecular weight is 476 g/mol. The second-order valence-electron chi connectivity index (χ2n) is 7.94. The normalized spacial score (nSPS) is 15.4. The van der Waals surface area contributed by atoms with Gasteiger partial charge in [-0.25, -0.2) is 8.78 Å². The quantitative estimate of drug-likeness (QED) is 0.425. The second kappa shape index (κ2) is 10.7. The summed E-state index contributed by atoms with van der Waals surface area (Å²) in [6.07, 6.45) is 2.82. The highest BCUT2D eigenvalue weighted by atomic mass is 19.1. The number of hydrogen-bond donors (Lipinski definition) is 3. The highest BCUT2D eigenvalue weighted by Crippen LogP contribution is 2.24. The van der Waals surface area contributed by atoms with Gasteiger partial charge in [0.15, 0.2) is 5.82 Å². The topological polar surface area (TPSA) is 126 Å². The van der Waals surface area contributed by atoms with Gasteiger partial charge in [0, 0.05) is 45.1 Å².